The number of carbonyl (C=O) groups excluding carboxylic acids is 2. The van der Waals surface area contributed by atoms with Crippen LogP contribution in [0, 0.1) is 0 Å². The van der Waals surface area contributed by atoms with Gasteiger partial charge in [0.1, 0.15) is 0 Å². The summed E-state index contributed by atoms with van der Waals surface area (Å²) in [5.41, 5.74) is 0.302. The minimum atomic E-state index is -0.330. The largest absolute Gasteiger partial charge is 0.504 e. The van der Waals surface area contributed by atoms with Crippen molar-refractivity contribution in [1.29, 1.82) is 0 Å². The smallest absolute Gasteiger partial charge is 0.236 e. The lowest BCUT2D eigenvalue weighted by atomic mass is 10.1. The summed E-state index contributed by atoms with van der Waals surface area (Å²) >= 11 is 0. The Morgan fingerprint density at radius 3 is 2.25 bits per heavy atom. The molecule has 0 bridgehead atoms. The third-order valence-corrected chi connectivity index (χ3v) is 2.97. The topological polar surface area (TPSA) is 81.1 Å². The van der Waals surface area contributed by atoms with Crippen molar-refractivity contribution in [3.63, 3.8) is 0 Å². The fourth-order valence-corrected chi connectivity index (χ4v) is 1.60. The molecular weight excluding hydrogens is 260 g/mol. The van der Waals surface area contributed by atoms with Crippen molar-refractivity contribution in [3.05, 3.63) is 23.8 Å². The summed E-state index contributed by atoms with van der Waals surface area (Å²) in [6, 6.07) is 3.93. The first-order valence-corrected chi connectivity index (χ1v) is 6.32. The van der Waals surface area contributed by atoms with E-state index in [9.17, 15) is 19.8 Å². The average molecular weight is 280 g/mol. The summed E-state index contributed by atoms with van der Waals surface area (Å²) < 4.78 is 0. The molecule has 1 aromatic carbocycles. The quantitative estimate of drug-likeness (QED) is 0.592. The van der Waals surface area contributed by atoms with Gasteiger partial charge in [-0.15, -0.1) is 0 Å². The fraction of sp³-hybridized carbons (Fsp3) is 0.429. The second-order valence-corrected chi connectivity index (χ2v) is 4.72. The Bertz CT molecular complexity index is 500. The van der Waals surface area contributed by atoms with Gasteiger partial charge in [0, 0.05) is 19.7 Å². The number of ketones is 1. The van der Waals surface area contributed by atoms with E-state index in [0.29, 0.717) is 12.1 Å². The molecule has 0 saturated heterocycles. The van der Waals surface area contributed by atoms with Gasteiger partial charge in [0.25, 0.3) is 0 Å². The molecule has 6 heteroatoms. The van der Waals surface area contributed by atoms with E-state index in [4.69, 9.17) is 0 Å². The lowest BCUT2D eigenvalue weighted by Gasteiger charge is -2.21. The molecule has 0 aliphatic heterocycles. The average Bonchev–Trinajstić information content (AvgIpc) is 2.40. The van der Waals surface area contributed by atoms with Crippen LogP contribution in [0.4, 0.5) is 0 Å². The van der Waals surface area contributed by atoms with Crippen molar-refractivity contribution < 1.29 is 19.8 Å². The summed E-state index contributed by atoms with van der Waals surface area (Å²) in [6.45, 7) is 2.68. The van der Waals surface area contributed by atoms with Gasteiger partial charge in [-0.05, 0) is 24.7 Å². The van der Waals surface area contributed by atoms with Crippen molar-refractivity contribution in [2.75, 3.05) is 33.7 Å². The molecule has 0 unspecified atom stereocenters. The molecule has 1 rings (SSSR count). The van der Waals surface area contributed by atoms with E-state index >= 15 is 0 Å². The SMILES string of the molecule is CCN(CC(=O)c1ccc(O)c(O)c1)CC(=O)N(C)C. The van der Waals surface area contributed by atoms with Gasteiger partial charge in [0.15, 0.2) is 17.3 Å². The first-order valence-electron chi connectivity index (χ1n) is 6.32. The molecule has 0 aliphatic rings. The first-order chi connectivity index (χ1) is 9.35. The molecule has 0 radical (unpaired) electrons. The van der Waals surface area contributed by atoms with E-state index in [2.05, 4.69) is 0 Å². The second-order valence-electron chi connectivity index (χ2n) is 4.72. The summed E-state index contributed by atoms with van der Waals surface area (Å²) in [4.78, 5) is 26.9. The van der Waals surface area contributed by atoms with Gasteiger partial charge < -0.3 is 15.1 Å². The molecule has 2 N–H and O–H groups in total. The first kappa shape index (κ1) is 16.0. The van der Waals surface area contributed by atoms with Crippen molar-refractivity contribution in [2.45, 2.75) is 6.92 Å². The maximum Gasteiger partial charge on any atom is 0.236 e. The number of carbonyl (C=O) groups is 2. The number of amides is 1. The number of Topliss-reactive ketones (excluding diaryl/α,β-unsaturated/α-hetero) is 1. The second kappa shape index (κ2) is 6.91. The molecule has 1 aromatic rings. The van der Waals surface area contributed by atoms with Crippen LogP contribution in [0.2, 0.25) is 0 Å². The number of nitrogens with zero attached hydrogens (tertiary/aromatic N) is 2. The molecule has 20 heavy (non-hydrogen) atoms. The van der Waals surface area contributed by atoms with Gasteiger partial charge in [-0.3, -0.25) is 14.5 Å². The maximum atomic E-state index is 12.1. The molecule has 0 spiro atoms. The van der Waals surface area contributed by atoms with Crippen LogP contribution in [0.3, 0.4) is 0 Å². The summed E-state index contributed by atoms with van der Waals surface area (Å²) in [6.07, 6.45) is 0. The molecule has 0 atom stereocenters. The van der Waals surface area contributed by atoms with Crippen LogP contribution in [-0.2, 0) is 4.79 Å². The lowest BCUT2D eigenvalue weighted by molar-refractivity contribution is -0.129. The predicted molar refractivity (Wildman–Crippen MR) is 74.9 cm³/mol. The van der Waals surface area contributed by atoms with Gasteiger partial charge in [0.2, 0.25) is 5.91 Å². The molecular formula is C14H20N2O4. The molecule has 0 heterocycles. The van der Waals surface area contributed by atoms with E-state index in [1.54, 1.807) is 19.0 Å². The van der Waals surface area contributed by atoms with Gasteiger partial charge in [-0.2, -0.15) is 0 Å². The fourth-order valence-electron chi connectivity index (χ4n) is 1.60. The number of likely N-dealkylation sites (N-methyl/N-ethyl adjacent to an activating group) is 2. The highest BCUT2D eigenvalue weighted by atomic mass is 16.3. The standard InChI is InChI=1S/C14H20N2O4/c1-4-16(9-14(20)15(2)3)8-13(19)10-5-6-11(17)12(18)7-10/h5-7,17-18H,4,8-9H2,1-3H3. The van der Waals surface area contributed by atoms with E-state index in [1.165, 1.54) is 23.1 Å². The van der Waals surface area contributed by atoms with Crippen LogP contribution in [0.25, 0.3) is 0 Å². The Balaban J connectivity index is 2.71. The van der Waals surface area contributed by atoms with Gasteiger partial charge in [-0.1, -0.05) is 6.92 Å². The third-order valence-electron chi connectivity index (χ3n) is 2.97. The summed E-state index contributed by atoms with van der Waals surface area (Å²) in [7, 11) is 3.33. The van der Waals surface area contributed by atoms with E-state index in [-0.39, 0.29) is 36.3 Å². The molecule has 0 fully saturated rings. The summed E-state index contributed by atoms with van der Waals surface area (Å²) in [5, 5.41) is 18.6. The Labute approximate surface area is 118 Å². The zero-order chi connectivity index (χ0) is 15.3. The minimum Gasteiger partial charge on any atom is -0.504 e. The van der Waals surface area contributed by atoms with Crippen molar-refractivity contribution in [3.8, 4) is 11.5 Å². The number of phenols is 2. The summed E-state index contributed by atoms with van der Waals surface area (Å²) in [5.74, 6) is -0.887. The Kier molecular flexibility index (Phi) is 5.52. The zero-order valence-electron chi connectivity index (χ0n) is 12.0. The zero-order valence-corrected chi connectivity index (χ0v) is 12.0. The monoisotopic (exact) mass is 280 g/mol. The number of rotatable bonds is 6. The van der Waals surface area contributed by atoms with Gasteiger partial charge in [0.05, 0.1) is 13.1 Å². The Morgan fingerprint density at radius 2 is 1.75 bits per heavy atom. The van der Waals surface area contributed by atoms with Crippen LogP contribution in [0.5, 0.6) is 11.5 Å². The maximum absolute atomic E-state index is 12.1. The van der Waals surface area contributed by atoms with Gasteiger partial charge in [-0.25, -0.2) is 0 Å². The van der Waals surface area contributed by atoms with Crippen LogP contribution in [0.1, 0.15) is 17.3 Å². The highest BCUT2D eigenvalue weighted by Crippen LogP contribution is 2.25. The van der Waals surface area contributed by atoms with Crippen molar-refractivity contribution >= 4 is 11.7 Å². The van der Waals surface area contributed by atoms with E-state index in [0.717, 1.165) is 0 Å². The van der Waals surface area contributed by atoms with Crippen LogP contribution in [0.15, 0.2) is 18.2 Å². The van der Waals surface area contributed by atoms with Crippen molar-refractivity contribution in [2.24, 2.45) is 0 Å². The van der Waals surface area contributed by atoms with Gasteiger partial charge >= 0.3 is 0 Å². The molecule has 0 aromatic heterocycles. The van der Waals surface area contributed by atoms with E-state index < -0.39 is 0 Å². The number of hydrogen-bond acceptors (Lipinski definition) is 5. The van der Waals surface area contributed by atoms with Crippen LogP contribution < -0.4 is 0 Å². The third kappa shape index (κ3) is 4.24. The molecule has 1 amide bonds. The molecule has 110 valence electrons. The predicted octanol–water partition coefficient (Wildman–Crippen LogP) is 0.691. The molecule has 6 nitrogen and oxygen atoms in total. The van der Waals surface area contributed by atoms with Crippen LogP contribution in [-0.4, -0.2) is 65.4 Å². The number of phenolic OH excluding ortho intramolecular Hbond substituents is 2. The van der Waals surface area contributed by atoms with Crippen molar-refractivity contribution in [1.82, 2.24) is 9.80 Å². The number of benzene rings is 1. The van der Waals surface area contributed by atoms with E-state index in [1.807, 2.05) is 6.92 Å². The Morgan fingerprint density at radius 1 is 1.10 bits per heavy atom. The number of hydrogen-bond donors (Lipinski definition) is 2. The Hall–Kier alpha value is -2.08. The highest BCUT2D eigenvalue weighted by Gasteiger charge is 2.16. The minimum absolute atomic E-state index is 0.0757. The number of aromatic hydroxyl groups is 2. The normalized spacial score (nSPS) is 10.6. The molecule has 0 saturated carbocycles. The van der Waals surface area contributed by atoms with Crippen LogP contribution >= 0.6 is 0 Å². The lowest BCUT2D eigenvalue weighted by Crippen LogP contribution is -2.39. The highest BCUT2D eigenvalue weighted by molar-refractivity contribution is 5.98. The molecule has 0 aliphatic carbocycles.